The molecule has 0 fully saturated rings. The summed E-state index contributed by atoms with van der Waals surface area (Å²) < 4.78 is 10.3. The van der Waals surface area contributed by atoms with Gasteiger partial charge in [-0.1, -0.05) is 19.9 Å². The fourth-order valence-corrected chi connectivity index (χ4v) is 1.65. The van der Waals surface area contributed by atoms with Crippen molar-refractivity contribution in [2.45, 2.75) is 59.7 Å². The van der Waals surface area contributed by atoms with E-state index >= 15 is 0 Å². The summed E-state index contributed by atoms with van der Waals surface area (Å²) >= 11 is 0. The third-order valence-electron chi connectivity index (χ3n) is 3.49. The Kier molecular flexibility index (Phi) is 7.38. The lowest BCUT2D eigenvalue weighted by atomic mass is 10.2. The minimum absolute atomic E-state index is 0.149. The van der Waals surface area contributed by atoms with E-state index in [9.17, 15) is 9.59 Å². The van der Waals surface area contributed by atoms with Crippen molar-refractivity contribution < 1.29 is 19.1 Å². The molecule has 1 rings (SSSR count). The molecule has 0 aliphatic carbocycles. The molecule has 2 N–H and O–H groups in total. The minimum atomic E-state index is -0.517. The van der Waals surface area contributed by atoms with Crippen LogP contribution in [-0.2, 0) is 9.47 Å². The number of rotatable bonds is 6. The van der Waals surface area contributed by atoms with E-state index < -0.39 is 12.2 Å². The van der Waals surface area contributed by atoms with Gasteiger partial charge in [-0.2, -0.15) is 0 Å². The smallest absolute Gasteiger partial charge is 0.411 e. The van der Waals surface area contributed by atoms with Crippen molar-refractivity contribution in [3.63, 3.8) is 0 Å². The van der Waals surface area contributed by atoms with Crippen LogP contribution in [0.15, 0.2) is 18.2 Å². The molecule has 0 aliphatic rings. The third-order valence-corrected chi connectivity index (χ3v) is 3.49. The molecule has 2 amide bonds. The molecule has 0 heterocycles. The van der Waals surface area contributed by atoms with Crippen molar-refractivity contribution in [3.05, 3.63) is 23.8 Å². The largest absolute Gasteiger partial charge is 0.446 e. The van der Waals surface area contributed by atoms with Gasteiger partial charge in [-0.05, 0) is 51.3 Å². The van der Waals surface area contributed by atoms with Gasteiger partial charge in [0.25, 0.3) is 0 Å². The number of benzene rings is 1. The predicted octanol–water partition coefficient (Wildman–Crippen LogP) is 4.69. The van der Waals surface area contributed by atoms with Gasteiger partial charge in [-0.25, -0.2) is 9.59 Å². The van der Waals surface area contributed by atoms with Crippen LogP contribution in [0.4, 0.5) is 21.0 Å². The molecular formula is C17H26N2O4. The number of carbonyl (C=O) groups excluding carboxylic acids is 2. The monoisotopic (exact) mass is 322 g/mol. The molecule has 0 saturated heterocycles. The molecule has 0 bridgehead atoms. The SMILES string of the molecule is CCC(C)OC(=O)Nc1ccc(C)c(NC(=O)OC(C)CC)c1. The molecule has 0 radical (unpaired) electrons. The summed E-state index contributed by atoms with van der Waals surface area (Å²) in [5.74, 6) is 0. The van der Waals surface area contributed by atoms with Gasteiger partial charge in [0.05, 0.1) is 0 Å². The van der Waals surface area contributed by atoms with Crippen LogP contribution < -0.4 is 10.6 Å². The molecule has 128 valence electrons. The summed E-state index contributed by atoms with van der Waals surface area (Å²) in [5, 5.41) is 5.33. The van der Waals surface area contributed by atoms with Gasteiger partial charge in [-0.15, -0.1) is 0 Å². The lowest BCUT2D eigenvalue weighted by Gasteiger charge is -2.15. The lowest BCUT2D eigenvalue weighted by Crippen LogP contribution is -2.21. The highest BCUT2D eigenvalue weighted by molar-refractivity contribution is 5.89. The van der Waals surface area contributed by atoms with Gasteiger partial charge in [0, 0.05) is 11.4 Å². The van der Waals surface area contributed by atoms with Gasteiger partial charge in [0.15, 0.2) is 0 Å². The van der Waals surface area contributed by atoms with E-state index in [4.69, 9.17) is 9.47 Å². The summed E-state index contributed by atoms with van der Waals surface area (Å²) in [5.41, 5.74) is 1.99. The lowest BCUT2D eigenvalue weighted by molar-refractivity contribution is 0.117. The van der Waals surface area contributed by atoms with Crippen molar-refractivity contribution >= 4 is 23.6 Å². The highest BCUT2D eigenvalue weighted by Crippen LogP contribution is 2.21. The number of ether oxygens (including phenoxy) is 2. The summed E-state index contributed by atoms with van der Waals surface area (Å²) in [4.78, 5) is 23.5. The van der Waals surface area contributed by atoms with Crippen LogP contribution >= 0.6 is 0 Å². The average Bonchev–Trinajstić information content (AvgIpc) is 2.50. The number of hydrogen-bond donors (Lipinski definition) is 2. The number of aryl methyl sites for hydroxylation is 1. The minimum Gasteiger partial charge on any atom is -0.446 e. The predicted molar refractivity (Wildman–Crippen MR) is 90.9 cm³/mol. The second kappa shape index (κ2) is 9.02. The van der Waals surface area contributed by atoms with E-state index in [1.54, 1.807) is 18.2 Å². The molecule has 6 heteroatoms. The molecule has 2 atom stereocenters. The van der Waals surface area contributed by atoms with E-state index in [0.29, 0.717) is 11.4 Å². The molecular weight excluding hydrogens is 296 g/mol. The van der Waals surface area contributed by atoms with Crippen molar-refractivity contribution in [1.29, 1.82) is 0 Å². The van der Waals surface area contributed by atoms with Gasteiger partial charge >= 0.3 is 12.2 Å². The Morgan fingerprint density at radius 2 is 1.52 bits per heavy atom. The van der Waals surface area contributed by atoms with Crippen LogP contribution in [0.2, 0.25) is 0 Å². The number of hydrogen-bond acceptors (Lipinski definition) is 4. The maximum absolute atomic E-state index is 11.8. The Morgan fingerprint density at radius 3 is 2.04 bits per heavy atom. The normalized spacial score (nSPS) is 12.9. The number of nitrogens with one attached hydrogen (secondary N) is 2. The van der Waals surface area contributed by atoms with E-state index in [1.807, 2.05) is 34.6 Å². The zero-order valence-electron chi connectivity index (χ0n) is 14.4. The van der Waals surface area contributed by atoms with Crippen LogP contribution in [0.1, 0.15) is 46.1 Å². The molecule has 1 aromatic rings. The number of anilines is 2. The van der Waals surface area contributed by atoms with Crippen LogP contribution in [0.25, 0.3) is 0 Å². The van der Waals surface area contributed by atoms with Gasteiger partial charge in [0.2, 0.25) is 0 Å². The van der Waals surface area contributed by atoms with Crippen molar-refractivity contribution in [3.8, 4) is 0 Å². The summed E-state index contributed by atoms with van der Waals surface area (Å²) in [7, 11) is 0. The van der Waals surface area contributed by atoms with Crippen molar-refractivity contribution in [2.75, 3.05) is 10.6 Å². The van der Waals surface area contributed by atoms with Gasteiger partial charge in [-0.3, -0.25) is 10.6 Å². The van der Waals surface area contributed by atoms with E-state index in [0.717, 1.165) is 18.4 Å². The number of carbonyl (C=O) groups is 2. The van der Waals surface area contributed by atoms with Gasteiger partial charge < -0.3 is 9.47 Å². The first kappa shape index (κ1) is 18.8. The van der Waals surface area contributed by atoms with Crippen LogP contribution in [-0.4, -0.2) is 24.4 Å². The number of amides is 2. The molecule has 0 aromatic heterocycles. The fraction of sp³-hybridized carbons (Fsp3) is 0.529. The Morgan fingerprint density at radius 1 is 1.00 bits per heavy atom. The van der Waals surface area contributed by atoms with Crippen LogP contribution in [0.3, 0.4) is 0 Å². The van der Waals surface area contributed by atoms with E-state index in [-0.39, 0.29) is 12.2 Å². The second-order valence-corrected chi connectivity index (χ2v) is 5.53. The fourth-order valence-electron chi connectivity index (χ4n) is 1.65. The first-order valence-corrected chi connectivity index (χ1v) is 7.91. The molecule has 0 spiro atoms. The molecule has 6 nitrogen and oxygen atoms in total. The first-order chi connectivity index (χ1) is 10.8. The highest BCUT2D eigenvalue weighted by atomic mass is 16.6. The second-order valence-electron chi connectivity index (χ2n) is 5.53. The Balaban J connectivity index is 2.71. The van der Waals surface area contributed by atoms with E-state index in [2.05, 4.69) is 10.6 Å². The van der Waals surface area contributed by atoms with Crippen LogP contribution in [0.5, 0.6) is 0 Å². The molecule has 1 aromatic carbocycles. The zero-order chi connectivity index (χ0) is 17.4. The van der Waals surface area contributed by atoms with Crippen LogP contribution in [0, 0.1) is 6.92 Å². The summed E-state index contributed by atoms with van der Waals surface area (Å²) in [6, 6.07) is 5.22. The standard InChI is InChI=1S/C17H26N2O4/c1-6-12(4)22-16(20)18-14-9-8-11(3)15(10-14)19-17(21)23-13(5)7-2/h8-10,12-13H,6-7H2,1-5H3,(H,18,20)(H,19,21). The topological polar surface area (TPSA) is 76.7 Å². The molecule has 0 saturated carbocycles. The third kappa shape index (κ3) is 6.59. The maximum Gasteiger partial charge on any atom is 0.411 e. The summed E-state index contributed by atoms with van der Waals surface area (Å²) in [6.45, 7) is 9.40. The Bertz CT molecular complexity index is 545. The van der Waals surface area contributed by atoms with Crippen molar-refractivity contribution in [2.24, 2.45) is 0 Å². The highest BCUT2D eigenvalue weighted by Gasteiger charge is 2.12. The average molecular weight is 322 g/mol. The Labute approximate surface area is 137 Å². The Hall–Kier alpha value is -2.24. The zero-order valence-corrected chi connectivity index (χ0v) is 14.4. The van der Waals surface area contributed by atoms with Gasteiger partial charge in [0.1, 0.15) is 12.2 Å². The first-order valence-electron chi connectivity index (χ1n) is 7.91. The van der Waals surface area contributed by atoms with Crippen molar-refractivity contribution in [1.82, 2.24) is 0 Å². The maximum atomic E-state index is 11.8. The molecule has 2 unspecified atom stereocenters. The molecule has 0 aliphatic heterocycles. The summed E-state index contributed by atoms with van der Waals surface area (Å²) in [6.07, 6.45) is 0.161. The van der Waals surface area contributed by atoms with E-state index in [1.165, 1.54) is 0 Å². The molecule has 23 heavy (non-hydrogen) atoms. The quantitative estimate of drug-likeness (QED) is 0.796.